The lowest BCUT2D eigenvalue weighted by Gasteiger charge is -2.09. The van der Waals surface area contributed by atoms with Gasteiger partial charge < -0.3 is 11.1 Å². The molecule has 1 heterocycles. The van der Waals surface area contributed by atoms with Gasteiger partial charge in [0, 0.05) is 28.1 Å². The van der Waals surface area contributed by atoms with Gasteiger partial charge in [0.25, 0.3) is 21.6 Å². The monoisotopic (exact) mass is 418 g/mol. The predicted octanol–water partition coefficient (Wildman–Crippen LogP) is 3.29. The number of thiophene rings is 1. The van der Waals surface area contributed by atoms with E-state index in [0.29, 0.717) is 16.9 Å². The van der Waals surface area contributed by atoms with E-state index in [1.165, 1.54) is 47.7 Å². The molecule has 0 unspecified atom stereocenters. The zero-order valence-corrected chi connectivity index (χ0v) is 15.8. The first-order chi connectivity index (χ1) is 13.3. The Morgan fingerprint density at radius 2 is 1.75 bits per heavy atom. The molecule has 144 valence electrons. The number of anilines is 3. The summed E-state index contributed by atoms with van der Waals surface area (Å²) in [5.74, 6) is -0.404. The van der Waals surface area contributed by atoms with Crippen LogP contribution in [0, 0.1) is 10.1 Å². The Morgan fingerprint density at radius 3 is 2.36 bits per heavy atom. The summed E-state index contributed by atoms with van der Waals surface area (Å²) in [5.41, 5.74) is 6.59. The van der Waals surface area contributed by atoms with E-state index >= 15 is 0 Å². The maximum Gasteiger partial charge on any atom is 0.289 e. The van der Waals surface area contributed by atoms with E-state index in [2.05, 4.69) is 10.0 Å². The minimum atomic E-state index is -4.18. The van der Waals surface area contributed by atoms with E-state index in [-0.39, 0.29) is 5.69 Å². The maximum atomic E-state index is 12.5. The van der Waals surface area contributed by atoms with Gasteiger partial charge in [-0.2, -0.15) is 0 Å². The number of hydrogen-bond acceptors (Lipinski definition) is 7. The van der Waals surface area contributed by atoms with Crippen molar-refractivity contribution in [3.63, 3.8) is 0 Å². The number of para-hydroxylation sites is 1. The number of nitrogens with one attached hydrogen (secondary N) is 2. The number of amides is 1. The van der Waals surface area contributed by atoms with Gasteiger partial charge in [-0.1, -0.05) is 12.1 Å². The molecule has 0 saturated heterocycles. The third-order valence-corrected chi connectivity index (χ3v) is 5.88. The number of nitrogens with two attached hydrogens (primary N) is 1. The number of nitro groups is 1. The Bertz CT molecular complexity index is 1140. The van der Waals surface area contributed by atoms with Crippen LogP contribution in [-0.2, 0) is 10.0 Å². The number of sulfonamides is 1. The number of nitro benzene ring substituents is 1. The van der Waals surface area contributed by atoms with Gasteiger partial charge in [-0.05, 0) is 30.3 Å². The topological polar surface area (TPSA) is 144 Å². The summed E-state index contributed by atoms with van der Waals surface area (Å²) in [6.07, 6.45) is 0. The van der Waals surface area contributed by atoms with E-state index in [9.17, 15) is 23.3 Å². The highest BCUT2D eigenvalue weighted by Crippen LogP contribution is 2.26. The maximum absolute atomic E-state index is 12.5. The van der Waals surface area contributed by atoms with Crippen molar-refractivity contribution in [2.24, 2.45) is 0 Å². The van der Waals surface area contributed by atoms with Gasteiger partial charge >= 0.3 is 0 Å². The van der Waals surface area contributed by atoms with E-state index in [1.807, 2.05) is 0 Å². The molecule has 3 rings (SSSR count). The van der Waals surface area contributed by atoms with Crippen LogP contribution in [-0.4, -0.2) is 19.2 Å². The van der Waals surface area contributed by atoms with Crippen molar-refractivity contribution in [1.82, 2.24) is 0 Å². The molecule has 2 aromatic carbocycles. The molecule has 0 radical (unpaired) electrons. The van der Waals surface area contributed by atoms with Gasteiger partial charge in [0.1, 0.15) is 0 Å². The van der Waals surface area contributed by atoms with Crippen LogP contribution in [0.3, 0.4) is 0 Å². The third-order valence-electron chi connectivity index (χ3n) is 3.69. The second-order valence-electron chi connectivity index (χ2n) is 5.60. The summed E-state index contributed by atoms with van der Waals surface area (Å²) in [5, 5.41) is 17.1. The van der Waals surface area contributed by atoms with E-state index in [4.69, 9.17) is 5.73 Å². The van der Waals surface area contributed by atoms with Crippen molar-refractivity contribution in [2.45, 2.75) is 4.90 Å². The molecule has 0 aliphatic rings. The number of nitrogen functional groups attached to an aromatic ring is 1. The van der Waals surface area contributed by atoms with Gasteiger partial charge in [0.2, 0.25) is 0 Å². The van der Waals surface area contributed by atoms with Crippen LogP contribution in [0.25, 0.3) is 0 Å². The number of benzene rings is 2. The van der Waals surface area contributed by atoms with Crippen LogP contribution >= 0.6 is 11.3 Å². The van der Waals surface area contributed by atoms with Crippen molar-refractivity contribution in [3.05, 3.63) is 75.0 Å². The first-order valence-electron chi connectivity index (χ1n) is 7.77. The summed E-state index contributed by atoms with van der Waals surface area (Å²) in [6, 6.07) is 10.7. The molecule has 1 aromatic heterocycles. The first-order valence-corrected chi connectivity index (χ1v) is 10.2. The van der Waals surface area contributed by atoms with Crippen molar-refractivity contribution in [3.8, 4) is 0 Å². The number of hydrogen-bond donors (Lipinski definition) is 3. The molecule has 0 atom stereocenters. The zero-order valence-electron chi connectivity index (χ0n) is 14.2. The highest BCUT2D eigenvalue weighted by Gasteiger charge is 2.25. The number of nitrogens with zero attached hydrogens (tertiary/aromatic N) is 1. The minimum absolute atomic E-state index is 0.157. The molecule has 0 bridgehead atoms. The smallest absolute Gasteiger partial charge is 0.289 e. The van der Waals surface area contributed by atoms with Crippen LogP contribution in [0.5, 0.6) is 0 Å². The van der Waals surface area contributed by atoms with Gasteiger partial charge in [0.05, 0.1) is 16.3 Å². The standard InChI is InChI=1S/C17H14N4O5S2/c18-13-9-27-10-14(13)19-17(22)11-5-7-12(8-6-11)20-28(25,26)16-4-2-1-3-15(16)21(23)24/h1-10,20H,18H2,(H,19,22). The Balaban J connectivity index is 1.78. The fourth-order valence-corrected chi connectivity index (χ4v) is 4.24. The molecule has 0 aliphatic heterocycles. The molecule has 3 aromatic rings. The van der Waals surface area contributed by atoms with Crippen molar-refractivity contribution >= 4 is 50.0 Å². The number of rotatable bonds is 6. The first kappa shape index (κ1) is 19.3. The summed E-state index contributed by atoms with van der Waals surface area (Å²) in [6.45, 7) is 0. The molecule has 0 saturated carbocycles. The summed E-state index contributed by atoms with van der Waals surface area (Å²) >= 11 is 1.35. The molecule has 9 nitrogen and oxygen atoms in total. The lowest BCUT2D eigenvalue weighted by Crippen LogP contribution is -2.15. The lowest BCUT2D eigenvalue weighted by atomic mass is 10.2. The largest absolute Gasteiger partial charge is 0.396 e. The van der Waals surface area contributed by atoms with Gasteiger partial charge in [0.15, 0.2) is 4.90 Å². The molecular weight excluding hydrogens is 404 g/mol. The highest BCUT2D eigenvalue weighted by atomic mass is 32.2. The van der Waals surface area contributed by atoms with E-state index < -0.39 is 31.4 Å². The third kappa shape index (κ3) is 4.10. The summed E-state index contributed by atoms with van der Waals surface area (Å²) in [7, 11) is -4.18. The molecule has 0 spiro atoms. The van der Waals surface area contributed by atoms with Gasteiger partial charge in [-0.3, -0.25) is 19.6 Å². The second kappa shape index (κ2) is 7.66. The molecule has 0 fully saturated rings. The van der Waals surface area contributed by atoms with Crippen LogP contribution < -0.4 is 15.8 Å². The van der Waals surface area contributed by atoms with Crippen molar-refractivity contribution in [2.75, 3.05) is 15.8 Å². The van der Waals surface area contributed by atoms with Crippen molar-refractivity contribution in [1.29, 1.82) is 0 Å². The SMILES string of the molecule is Nc1cscc1NC(=O)c1ccc(NS(=O)(=O)c2ccccc2[N+](=O)[O-])cc1. The molecule has 4 N–H and O–H groups in total. The molecular formula is C17H14N4O5S2. The Hall–Kier alpha value is -3.44. The normalized spacial score (nSPS) is 11.0. The minimum Gasteiger partial charge on any atom is -0.396 e. The zero-order chi connectivity index (χ0) is 20.3. The van der Waals surface area contributed by atoms with Crippen molar-refractivity contribution < 1.29 is 18.1 Å². The molecule has 1 amide bonds. The molecule has 28 heavy (non-hydrogen) atoms. The van der Waals surface area contributed by atoms with E-state index in [1.54, 1.807) is 10.8 Å². The molecule has 11 heteroatoms. The average Bonchev–Trinajstić information content (AvgIpc) is 3.06. The van der Waals surface area contributed by atoms with E-state index in [0.717, 1.165) is 12.1 Å². The summed E-state index contributed by atoms with van der Waals surface area (Å²) in [4.78, 5) is 22.1. The lowest BCUT2D eigenvalue weighted by molar-refractivity contribution is -0.387. The fraction of sp³-hybridized carbons (Fsp3) is 0. The highest BCUT2D eigenvalue weighted by molar-refractivity contribution is 7.92. The number of carbonyl (C=O) groups is 1. The Kier molecular flexibility index (Phi) is 5.29. The average molecular weight is 418 g/mol. The van der Waals surface area contributed by atoms with Gasteiger partial charge in [-0.25, -0.2) is 8.42 Å². The second-order valence-corrected chi connectivity index (χ2v) is 8.00. The van der Waals surface area contributed by atoms with Gasteiger partial charge in [-0.15, -0.1) is 11.3 Å². The van der Waals surface area contributed by atoms with Crippen LogP contribution in [0.2, 0.25) is 0 Å². The van der Waals surface area contributed by atoms with Crippen LogP contribution in [0.15, 0.2) is 64.2 Å². The van der Waals surface area contributed by atoms with Crippen LogP contribution in [0.4, 0.5) is 22.7 Å². The Labute approximate surface area is 164 Å². The summed E-state index contributed by atoms with van der Waals surface area (Å²) < 4.78 is 27.2. The fourth-order valence-electron chi connectivity index (χ4n) is 2.34. The van der Waals surface area contributed by atoms with Crippen LogP contribution in [0.1, 0.15) is 10.4 Å². The quantitative estimate of drug-likeness (QED) is 0.414. The Morgan fingerprint density at radius 1 is 1.07 bits per heavy atom. The molecule has 0 aliphatic carbocycles. The number of carbonyl (C=O) groups excluding carboxylic acids is 1. The predicted molar refractivity (Wildman–Crippen MR) is 107 cm³/mol.